The number of unbranched alkanes of at least 4 members (excludes halogenated alkanes) is 7. The molecule has 0 radical (unpaired) electrons. The Hall–Kier alpha value is -5.23. The van der Waals surface area contributed by atoms with Crippen molar-refractivity contribution in [2.24, 2.45) is 0 Å². The third-order valence-electron chi connectivity index (χ3n) is 10.4. The first-order chi connectivity index (χ1) is 34.5. The third-order valence-corrected chi connectivity index (χ3v) is 10.4. The van der Waals surface area contributed by atoms with Gasteiger partial charge >= 0.3 is 17.9 Å². The maximum Gasteiger partial charge on any atom is 0.306 e. The average molecular weight is 961 g/mol. The summed E-state index contributed by atoms with van der Waals surface area (Å²) < 4.78 is 16.7. The minimum Gasteiger partial charge on any atom is -0.462 e. The molecule has 0 bridgehead atoms. The Bertz CT molecular complexity index is 1670. The lowest BCUT2D eigenvalue weighted by Gasteiger charge is -2.18. The van der Waals surface area contributed by atoms with Gasteiger partial charge in [0.1, 0.15) is 13.2 Å². The molecule has 0 aromatic rings. The van der Waals surface area contributed by atoms with Gasteiger partial charge in [-0.2, -0.15) is 0 Å². The van der Waals surface area contributed by atoms with E-state index in [1.54, 1.807) is 0 Å². The first-order valence-electron chi connectivity index (χ1n) is 27.1. The monoisotopic (exact) mass is 961 g/mol. The van der Waals surface area contributed by atoms with Crippen LogP contribution in [0.5, 0.6) is 0 Å². The molecule has 0 N–H and O–H groups in total. The summed E-state index contributed by atoms with van der Waals surface area (Å²) in [6.45, 7) is 6.21. The highest BCUT2D eigenvalue weighted by Crippen LogP contribution is 2.09. The molecule has 0 spiro atoms. The number of ether oxygens (including phenoxy) is 3. The molecule has 1 atom stereocenters. The third kappa shape index (κ3) is 53.7. The normalized spacial score (nSPS) is 13.5. The van der Waals surface area contributed by atoms with Gasteiger partial charge in [0.15, 0.2) is 6.10 Å². The molecule has 0 saturated heterocycles. The number of carbonyl (C=O) groups is 3. The summed E-state index contributed by atoms with van der Waals surface area (Å²) in [6.07, 6.45) is 83.5. The molecular weight excluding hydrogens is 865 g/mol. The Morgan fingerprint density at radius 2 is 0.600 bits per heavy atom. The zero-order valence-corrected chi connectivity index (χ0v) is 44.2. The number of rotatable bonds is 46. The summed E-state index contributed by atoms with van der Waals surface area (Å²) in [7, 11) is 0. The zero-order valence-electron chi connectivity index (χ0n) is 44.2. The fourth-order valence-electron chi connectivity index (χ4n) is 6.45. The van der Waals surface area contributed by atoms with Crippen LogP contribution < -0.4 is 0 Å². The molecule has 0 aliphatic rings. The SMILES string of the molecule is CC/C=C\C/C=C\C/C=C\C/C=C\C/C=C\C/C=C\CCC(=O)OCC(COC(=O)CCCCC/C=C\C/C=C\C/C=C\C/C=C\CC)OC(=O)CCC/C=C\C/C=C\C/C=C\C/C=C\CCCCC. The van der Waals surface area contributed by atoms with Crippen molar-refractivity contribution in [2.75, 3.05) is 13.2 Å². The molecule has 0 fully saturated rings. The van der Waals surface area contributed by atoms with Crippen molar-refractivity contribution in [3.05, 3.63) is 170 Å². The Morgan fingerprint density at radius 1 is 0.300 bits per heavy atom. The van der Waals surface area contributed by atoms with Crippen LogP contribution in [0.25, 0.3) is 0 Å². The molecule has 0 saturated carbocycles. The number of esters is 3. The highest BCUT2D eigenvalue weighted by atomic mass is 16.6. The van der Waals surface area contributed by atoms with Crippen LogP contribution in [0.3, 0.4) is 0 Å². The van der Waals surface area contributed by atoms with Crippen LogP contribution in [0.2, 0.25) is 0 Å². The van der Waals surface area contributed by atoms with Gasteiger partial charge in [-0.3, -0.25) is 14.4 Å². The van der Waals surface area contributed by atoms with Crippen molar-refractivity contribution >= 4 is 17.9 Å². The molecule has 70 heavy (non-hydrogen) atoms. The van der Waals surface area contributed by atoms with Crippen molar-refractivity contribution < 1.29 is 28.6 Å². The largest absolute Gasteiger partial charge is 0.462 e. The van der Waals surface area contributed by atoms with Crippen LogP contribution in [-0.2, 0) is 28.6 Å². The van der Waals surface area contributed by atoms with Crippen LogP contribution in [0, 0.1) is 0 Å². The summed E-state index contributed by atoms with van der Waals surface area (Å²) in [6, 6.07) is 0. The highest BCUT2D eigenvalue weighted by molar-refractivity contribution is 5.71. The van der Waals surface area contributed by atoms with Crippen molar-refractivity contribution in [2.45, 2.75) is 200 Å². The zero-order chi connectivity index (χ0) is 50.7. The predicted octanol–water partition coefficient (Wildman–Crippen LogP) is 18.4. The van der Waals surface area contributed by atoms with Gasteiger partial charge in [0.2, 0.25) is 0 Å². The molecule has 0 aliphatic carbocycles. The maximum atomic E-state index is 12.8. The minimum atomic E-state index is -0.860. The summed E-state index contributed by atoms with van der Waals surface area (Å²) in [5, 5.41) is 0. The lowest BCUT2D eigenvalue weighted by Crippen LogP contribution is -2.30. The molecule has 388 valence electrons. The lowest BCUT2D eigenvalue weighted by molar-refractivity contribution is -0.166. The topological polar surface area (TPSA) is 78.9 Å². The van der Waals surface area contributed by atoms with Crippen molar-refractivity contribution in [3.63, 3.8) is 0 Å². The van der Waals surface area contributed by atoms with Crippen LogP contribution >= 0.6 is 0 Å². The molecule has 0 aliphatic heterocycles. The van der Waals surface area contributed by atoms with E-state index in [-0.39, 0.29) is 44.4 Å². The summed E-state index contributed by atoms with van der Waals surface area (Å²) in [4.78, 5) is 38.0. The summed E-state index contributed by atoms with van der Waals surface area (Å²) in [5.41, 5.74) is 0. The highest BCUT2D eigenvalue weighted by Gasteiger charge is 2.19. The van der Waals surface area contributed by atoms with Crippen LogP contribution in [0.1, 0.15) is 194 Å². The van der Waals surface area contributed by atoms with Gasteiger partial charge in [-0.05, 0) is 135 Å². The minimum absolute atomic E-state index is 0.149. The maximum absolute atomic E-state index is 12.8. The van der Waals surface area contributed by atoms with Gasteiger partial charge in [0, 0.05) is 19.3 Å². The van der Waals surface area contributed by atoms with Crippen molar-refractivity contribution in [3.8, 4) is 0 Å². The molecule has 0 rings (SSSR count). The molecule has 0 aromatic heterocycles. The number of carbonyl (C=O) groups excluding carboxylic acids is 3. The standard InChI is InChI=1S/C64H96O6/c1-4-7-10-13-16-19-22-25-28-31-32-34-36-39-42-45-48-51-54-57-63(66)69-60-61(59-68-62(65)56-53-50-47-44-41-38-35-30-27-24-21-18-15-12-9-6-3)70-64(67)58-55-52-49-46-43-40-37-33-29-26-23-20-17-14-11-8-5-2/h7,9-10,12,16-21,25-30,32,34,37-42,46,48-49,51,61H,4-6,8,11,13-15,22-24,31,33,35-36,43-45,47,50,52-60H2,1-3H3/b10-7-,12-9-,19-16-,20-17-,21-18-,28-25-,29-26-,30-27-,34-32-,40-37-,41-38-,42-39-,49-46-,51-48-. The molecule has 1 unspecified atom stereocenters. The fraction of sp³-hybridized carbons (Fsp3) is 0.516. The summed E-state index contributed by atoms with van der Waals surface area (Å²) >= 11 is 0. The smallest absolute Gasteiger partial charge is 0.306 e. The van der Waals surface area contributed by atoms with Gasteiger partial charge < -0.3 is 14.2 Å². The van der Waals surface area contributed by atoms with E-state index in [1.165, 1.54) is 25.7 Å². The fourth-order valence-corrected chi connectivity index (χ4v) is 6.45. The van der Waals surface area contributed by atoms with E-state index in [0.29, 0.717) is 12.8 Å². The quantitative estimate of drug-likeness (QED) is 0.0262. The molecule has 0 heterocycles. The lowest BCUT2D eigenvalue weighted by atomic mass is 10.1. The van der Waals surface area contributed by atoms with Gasteiger partial charge in [-0.1, -0.05) is 210 Å². The first kappa shape index (κ1) is 64.8. The Balaban J connectivity index is 4.69. The van der Waals surface area contributed by atoms with Crippen molar-refractivity contribution in [1.82, 2.24) is 0 Å². The van der Waals surface area contributed by atoms with E-state index in [1.807, 2.05) is 12.2 Å². The molecule has 0 amide bonds. The van der Waals surface area contributed by atoms with Gasteiger partial charge in [-0.15, -0.1) is 0 Å². The second kappa shape index (κ2) is 56.4. The molecule has 6 heteroatoms. The van der Waals surface area contributed by atoms with E-state index < -0.39 is 12.1 Å². The number of hydrogen-bond acceptors (Lipinski definition) is 6. The second-order valence-electron chi connectivity index (χ2n) is 17.0. The van der Waals surface area contributed by atoms with Crippen LogP contribution in [-0.4, -0.2) is 37.2 Å². The van der Waals surface area contributed by atoms with Crippen LogP contribution in [0.15, 0.2) is 170 Å². The Kier molecular flexibility index (Phi) is 52.1. The molecule has 0 aromatic carbocycles. The van der Waals surface area contributed by atoms with Gasteiger partial charge in [0.05, 0.1) is 0 Å². The van der Waals surface area contributed by atoms with Gasteiger partial charge in [-0.25, -0.2) is 0 Å². The second-order valence-corrected chi connectivity index (χ2v) is 17.0. The van der Waals surface area contributed by atoms with Gasteiger partial charge in [0.25, 0.3) is 0 Å². The Labute approximate surface area is 428 Å². The first-order valence-corrected chi connectivity index (χ1v) is 27.1. The number of allylic oxidation sites excluding steroid dienone is 28. The molecule has 6 nitrogen and oxygen atoms in total. The predicted molar refractivity (Wildman–Crippen MR) is 301 cm³/mol. The van der Waals surface area contributed by atoms with E-state index in [4.69, 9.17) is 14.2 Å². The van der Waals surface area contributed by atoms with E-state index in [0.717, 1.165) is 116 Å². The average Bonchev–Trinajstić information content (AvgIpc) is 3.36. The molecular formula is C64H96O6. The van der Waals surface area contributed by atoms with E-state index in [2.05, 4.69) is 179 Å². The van der Waals surface area contributed by atoms with E-state index in [9.17, 15) is 14.4 Å². The van der Waals surface area contributed by atoms with Crippen LogP contribution in [0.4, 0.5) is 0 Å². The van der Waals surface area contributed by atoms with Crippen molar-refractivity contribution in [1.29, 1.82) is 0 Å². The Morgan fingerprint density at radius 3 is 0.971 bits per heavy atom. The van der Waals surface area contributed by atoms with E-state index >= 15 is 0 Å². The number of hydrogen-bond donors (Lipinski definition) is 0. The summed E-state index contributed by atoms with van der Waals surface area (Å²) in [5.74, 6) is -1.14.